The van der Waals surface area contributed by atoms with E-state index in [9.17, 15) is 4.79 Å². The second-order valence-electron chi connectivity index (χ2n) is 5.67. The number of aromatic nitrogens is 2. The molecule has 3 aromatic rings. The molecule has 4 nitrogen and oxygen atoms in total. The summed E-state index contributed by atoms with van der Waals surface area (Å²) < 4.78 is 7.25. The summed E-state index contributed by atoms with van der Waals surface area (Å²) in [5.41, 5.74) is 2.62. The molecular weight excluding hydrogens is 300 g/mol. The van der Waals surface area contributed by atoms with Gasteiger partial charge in [0.25, 0.3) is 5.56 Å². The second-order valence-corrected chi connectivity index (χ2v) is 5.67. The smallest absolute Gasteiger partial charge is 0.279 e. The van der Waals surface area contributed by atoms with Crippen LogP contribution in [-0.4, -0.2) is 16.4 Å². The van der Waals surface area contributed by atoms with E-state index >= 15 is 0 Å². The molecule has 1 aromatic heterocycles. The monoisotopic (exact) mass is 316 g/mol. The summed E-state index contributed by atoms with van der Waals surface area (Å²) in [5.74, 6) is 0.861. The quantitative estimate of drug-likeness (QED) is 0.784. The fourth-order valence-electron chi connectivity index (χ4n) is 2.81. The van der Waals surface area contributed by atoms with E-state index in [-0.39, 0.29) is 5.56 Å². The number of benzene rings is 2. The Labute approximate surface area is 138 Å². The van der Waals surface area contributed by atoms with Gasteiger partial charge in [-0.1, -0.05) is 43.0 Å². The highest BCUT2D eigenvalue weighted by molar-refractivity contribution is 5.70. The van der Waals surface area contributed by atoms with Gasteiger partial charge in [-0.2, -0.15) is 0 Å². The van der Waals surface area contributed by atoms with Gasteiger partial charge in [0.2, 0.25) is 0 Å². The number of para-hydroxylation sites is 2. The van der Waals surface area contributed by atoms with E-state index in [0.29, 0.717) is 17.2 Å². The molecule has 0 radical (unpaired) electrons. The molecule has 1 aliphatic heterocycles. The Bertz CT molecular complexity index is 1090. The molecule has 2 heterocycles. The SMILES string of the molecule is C=c1[nH]n(-c2ccccc2)c(=O)/c1=C\C1=Cc2ccccc2OC1. The molecule has 118 valence electrons. The van der Waals surface area contributed by atoms with E-state index in [0.717, 1.165) is 22.6 Å². The highest BCUT2D eigenvalue weighted by Gasteiger charge is 2.10. The second kappa shape index (κ2) is 5.74. The standard InChI is InChI=1S/C20H16N2O2/c1-14-18(20(23)22(21-14)17-8-3-2-4-9-17)12-15-11-16-7-5-6-10-19(16)24-13-15/h2-12,21H,1,13H2/b18-12-. The Morgan fingerprint density at radius 3 is 2.67 bits per heavy atom. The molecule has 4 rings (SSSR count). The van der Waals surface area contributed by atoms with Gasteiger partial charge < -0.3 is 4.74 Å². The maximum Gasteiger partial charge on any atom is 0.279 e. The topological polar surface area (TPSA) is 47.0 Å². The number of H-pyrrole nitrogens is 1. The minimum absolute atomic E-state index is 0.119. The first-order valence-electron chi connectivity index (χ1n) is 7.72. The van der Waals surface area contributed by atoms with Crippen molar-refractivity contribution in [3.05, 3.63) is 86.7 Å². The molecule has 0 spiro atoms. The molecule has 0 saturated heterocycles. The zero-order valence-electron chi connectivity index (χ0n) is 13.0. The van der Waals surface area contributed by atoms with E-state index in [1.54, 1.807) is 0 Å². The number of rotatable bonds is 2. The van der Waals surface area contributed by atoms with Gasteiger partial charge in [0.1, 0.15) is 12.4 Å². The Balaban J connectivity index is 1.83. The lowest BCUT2D eigenvalue weighted by atomic mass is 10.1. The third kappa shape index (κ3) is 2.48. The summed E-state index contributed by atoms with van der Waals surface area (Å²) in [5, 5.41) is 4.17. The largest absolute Gasteiger partial charge is 0.488 e. The van der Waals surface area contributed by atoms with Crippen molar-refractivity contribution >= 4 is 18.7 Å². The Hall–Kier alpha value is -3.27. The molecule has 0 saturated carbocycles. The van der Waals surface area contributed by atoms with Gasteiger partial charge in [0.15, 0.2) is 0 Å². The fraction of sp³-hybridized carbons (Fsp3) is 0.0500. The molecule has 0 unspecified atom stereocenters. The Morgan fingerprint density at radius 1 is 1.08 bits per heavy atom. The lowest BCUT2D eigenvalue weighted by Gasteiger charge is -2.15. The zero-order chi connectivity index (χ0) is 16.5. The van der Waals surface area contributed by atoms with Crippen LogP contribution in [-0.2, 0) is 0 Å². The van der Waals surface area contributed by atoms with Crippen LogP contribution in [0.5, 0.6) is 5.75 Å². The number of hydrogen-bond donors (Lipinski definition) is 1. The minimum atomic E-state index is -0.119. The van der Waals surface area contributed by atoms with Gasteiger partial charge >= 0.3 is 0 Å². The molecule has 1 N–H and O–H groups in total. The van der Waals surface area contributed by atoms with Gasteiger partial charge in [0, 0.05) is 5.56 Å². The van der Waals surface area contributed by atoms with Gasteiger partial charge in [-0.05, 0) is 35.9 Å². The average molecular weight is 316 g/mol. The van der Waals surface area contributed by atoms with Gasteiger partial charge in [-0.25, -0.2) is 4.68 Å². The molecule has 0 amide bonds. The summed E-state index contributed by atoms with van der Waals surface area (Å²) in [4.78, 5) is 12.7. The van der Waals surface area contributed by atoms with Crippen LogP contribution in [0.15, 0.2) is 65.0 Å². The van der Waals surface area contributed by atoms with E-state index < -0.39 is 0 Å². The predicted octanol–water partition coefficient (Wildman–Crippen LogP) is 1.83. The zero-order valence-corrected chi connectivity index (χ0v) is 13.0. The van der Waals surface area contributed by atoms with Crippen LogP contribution in [0.2, 0.25) is 0 Å². The first-order chi connectivity index (χ1) is 11.7. The van der Waals surface area contributed by atoms with Crippen molar-refractivity contribution in [1.82, 2.24) is 9.78 Å². The summed E-state index contributed by atoms with van der Waals surface area (Å²) in [6, 6.07) is 17.3. The number of fused-ring (bicyclic) bond motifs is 1. The summed E-state index contributed by atoms with van der Waals surface area (Å²) in [7, 11) is 0. The lowest BCUT2D eigenvalue weighted by molar-refractivity contribution is 0.352. The first-order valence-corrected chi connectivity index (χ1v) is 7.72. The van der Waals surface area contributed by atoms with Crippen molar-refractivity contribution in [3.63, 3.8) is 0 Å². The van der Waals surface area contributed by atoms with Gasteiger partial charge in [-0.15, -0.1) is 0 Å². The van der Waals surface area contributed by atoms with E-state index in [1.807, 2.05) is 66.7 Å². The number of nitrogens with zero attached hydrogens (tertiary/aromatic N) is 1. The minimum Gasteiger partial charge on any atom is -0.488 e. The summed E-state index contributed by atoms with van der Waals surface area (Å²) in [6.45, 7) is 4.40. The van der Waals surface area contributed by atoms with Crippen molar-refractivity contribution in [2.24, 2.45) is 0 Å². The van der Waals surface area contributed by atoms with E-state index in [2.05, 4.69) is 11.7 Å². The van der Waals surface area contributed by atoms with E-state index in [1.165, 1.54) is 4.68 Å². The first kappa shape index (κ1) is 14.3. The molecule has 0 aliphatic carbocycles. The highest BCUT2D eigenvalue weighted by Crippen LogP contribution is 2.25. The molecule has 24 heavy (non-hydrogen) atoms. The summed E-state index contributed by atoms with van der Waals surface area (Å²) >= 11 is 0. The molecule has 0 bridgehead atoms. The molecule has 0 atom stereocenters. The number of ether oxygens (including phenoxy) is 1. The van der Waals surface area contributed by atoms with Crippen LogP contribution < -0.4 is 20.9 Å². The van der Waals surface area contributed by atoms with Gasteiger partial charge in [0.05, 0.1) is 16.3 Å². The third-order valence-corrected chi connectivity index (χ3v) is 4.00. The van der Waals surface area contributed by atoms with Gasteiger partial charge in [-0.3, -0.25) is 9.89 Å². The van der Waals surface area contributed by atoms with Crippen LogP contribution in [0.25, 0.3) is 24.4 Å². The number of hydrogen-bond acceptors (Lipinski definition) is 2. The number of nitrogens with one attached hydrogen (secondary N) is 1. The summed E-state index contributed by atoms with van der Waals surface area (Å²) in [6.07, 6.45) is 3.88. The van der Waals surface area contributed by atoms with Crippen molar-refractivity contribution in [2.75, 3.05) is 6.61 Å². The maximum absolute atomic E-state index is 12.7. The Morgan fingerprint density at radius 2 is 1.83 bits per heavy atom. The van der Waals surface area contributed by atoms with Crippen LogP contribution >= 0.6 is 0 Å². The van der Waals surface area contributed by atoms with Crippen molar-refractivity contribution in [3.8, 4) is 11.4 Å². The average Bonchev–Trinajstić information content (AvgIpc) is 2.90. The lowest BCUT2D eigenvalue weighted by Crippen LogP contribution is -2.34. The van der Waals surface area contributed by atoms with Crippen LogP contribution in [0.3, 0.4) is 0 Å². The predicted molar refractivity (Wildman–Crippen MR) is 95.5 cm³/mol. The molecule has 1 aliphatic rings. The number of aromatic amines is 1. The third-order valence-electron chi connectivity index (χ3n) is 4.00. The normalized spacial score (nSPS) is 14.0. The Kier molecular flexibility index (Phi) is 3.43. The van der Waals surface area contributed by atoms with Crippen LogP contribution in [0.4, 0.5) is 0 Å². The maximum atomic E-state index is 12.7. The van der Waals surface area contributed by atoms with Crippen molar-refractivity contribution in [2.45, 2.75) is 0 Å². The molecule has 2 aromatic carbocycles. The van der Waals surface area contributed by atoms with E-state index in [4.69, 9.17) is 4.74 Å². The molecule has 4 heteroatoms. The van der Waals surface area contributed by atoms with Crippen molar-refractivity contribution < 1.29 is 4.74 Å². The molecule has 0 fully saturated rings. The molecular formula is C20H16N2O2. The fourth-order valence-corrected chi connectivity index (χ4v) is 2.81. The highest BCUT2D eigenvalue weighted by atomic mass is 16.5. The van der Waals surface area contributed by atoms with Crippen LogP contribution in [0, 0.1) is 0 Å². The van der Waals surface area contributed by atoms with Crippen LogP contribution in [0.1, 0.15) is 5.56 Å². The van der Waals surface area contributed by atoms with Crippen molar-refractivity contribution in [1.29, 1.82) is 0 Å².